The summed E-state index contributed by atoms with van der Waals surface area (Å²) in [6, 6.07) is 6.00. The number of pyridine rings is 1. The Morgan fingerprint density at radius 2 is 1.87 bits per heavy atom. The predicted molar refractivity (Wildman–Crippen MR) is 133 cm³/mol. The van der Waals surface area contributed by atoms with Gasteiger partial charge in [-0.1, -0.05) is 57.4 Å². The lowest BCUT2D eigenvalue weighted by Gasteiger charge is -2.27. The fourth-order valence-corrected chi connectivity index (χ4v) is 4.30. The van der Waals surface area contributed by atoms with E-state index in [0.717, 1.165) is 37.8 Å². The molecular formula is C28H45NO2. The quantitative estimate of drug-likeness (QED) is 0.296. The van der Waals surface area contributed by atoms with Crippen LogP contribution in [0.2, 0.25) is 0 Å². The van der Waals surface area contributed by atoms with E-state index in [2.05, 4.69) is 44.8 Å². The van der Waals surface area contributed by atoms with Crippen molar-refractivity contribution >= 4 is 11.9 Å². The fraction of sp³-hybridized carbons (Fsp3) is 0.643. The van der Waals surface area contributed by atoms with Crippen molar-refractivity contribution in [2.75, 3.05) is 6.61 Å². The van der Waals surface area contributed by atoms with Crippen LogP contribution in [0.3, 0.4) is 0 Å². The van der Waals surface area contributed by atoms with E-state index in [9.17, 15) is 4.79 Å². The largest absolute Gasteiger partial charge is 0.396 e. The summed E-state index contributed by atoms with van der Waals surface area (Å²) >= 11 is 0. The van der Waals surface area contributed by atoms with E-state index in [0.29, 0.717) is 18.1 Å². The van der Waals surface area contributed by atoms with Crippen LogP contribution >= 0.6 is 0 Å². The zero-order valence-corrected chi connectivity index (χ0v) is 20.8. The summed E-state index contributed by atoms with van der Waals surface area (Å²) in [5.41, 5.74) is 3.52. The second kappa shape index (κ2) is 14.3. The third kappa shape index (κ3) is 11.4. The zero-order chi connectivity index (χ0) is 23.3. The number of hydrogen-bond donors (Lipinski definition) is 1. The van der Waals surface area contributed by atoms with Crippen molar-refractivity contribution in [3.63, 3.8) is 0 Å². The number of hydrogen-bond acceptors (Lipinski definition) is 3. The number of ketones is 1. The SMILES string of the molecule is CC(=Cc1ccccn1)CCC=C(C)CCCC(C)CC(C)C(=O)C(C)(C)CCCO. The van der Waals surface area contributed by atoms with Gasteiger partial charge in [0, 0.05) is 24.1 Å². The molecule has 0 aliphatic carbocycles. The molecule has 0 bridgehead atoms. The molecule has 0 saturated carbocycles. The van der Waals surface area contributed by atoms with Crippen LogP contribution in [0.1, 0.15) is 98.6 Å². The molecule has 3 nitrogen and oxygen atoms in total. The van der Waals surface area contributed by atoms with Crippen LogP contribution < -0.4 is 0 Å². The first-order valence-electron chi connectivity index (χ1n) is 12.0. The van der Waals surface area contributed by atoms with Crippen molar-refractivity contribution in [1.29, 1.82) is 0 Å². The van der Waals surface area contributed by atoms with Crippen LogP contribution in [-0.4, -0.2) is 22.5 Å². The van der Waals surface area contributed by atoms with Gasteiger partial charge in [0.25, 0.3) is 0 Å². The van der Waals surface area contributed by atoms with E-state index in [1.54, 1.807) is 0 Å². The smallest absolute Gasteiger partial charge is 0.141 e. The van der Waals surface area contributed by atoms with E-state index in [-0.39, 0.29) is 17.9 Å². The fourth-order valence-electron chi connectivity index (χ4n) is 4.30. The maximum Gasteiger partial charge on any atom is 0.141 e. The molecule has 0 radical (unpaired) electrons. The van der Waals surface area contributed by atoms with Crippen LogP contribution in [0, 0.1) is 17.3 Å². The second-order valence-corrected chi connectivity index (χ2v) is 10.0. The molecule has 1 aromatic heterocycles. The van der Waals surface area contributed by atoms with Gasteiger partial charge < -0.3 is 5.11 Å². The minimum atomic E-state index is -0.329. The molecule has 0 aliphatic heterocycles. The first-order valence-corrected chi connectivity index (χ1v) is 12.0. The average molecular weight is 428 g/mol. The molecule has 0 fully saturated rings. The van der Waals surface area contributed by atoms with E-state index in [1.807, 2.05) is 38.2 Å². The minimum absolute atomic E-state index is 0.0919. The number of rotatable bonds is 15. The summed E-state index contributed by atoms with van der Waals surface area (Å²) in [6.45, 7) is 13.0. The first kappa shape index (κ1) is 27.3. The van der Waals surface area contributed by atoms with Gasteiger partial charge in [0.1, 0.15) is 5.78 Å². The van der Waals surface area contributed by atoms with Crippen LogP contribution in [0.15, 0.2) is 41.6 Å². The Morgan fingerprint density at radius 3 is 2.52 bits per heavy atom. The number of carbonyl (C=O) groups is 1. The molecule has 1 N–H and O–H groups in total. The minimum Gasteiger partial charge on any atom is -0.396 e. The molecule has 1 rings (SSSR count). The van der Waals surface area contributed by atoms with Crippen LogP contribution in [0.5, 0.6) is 0 Å². The lowest BCUT2D eigenvalue weighted by Crippen LogP contribution is -2.30. The van der Waals surface area contributed by atoms with Gasteiger partial charge >= 0.3 is 0 Å². The maximum atomic E-state index is 12.8. The Labute approximate surface area is 191 Å². The normalized spacial score (nSPS) is 15.1. The van der Waals surface area contributed by atoms with Crippen molar-refractivity contribution in [3.05, 3.63) is 47.3 Å². The number of aliphatic hydroxyl groups excluding tert-OH is 1. The van der Waals surface area contributed by atoms with E-state index in [4.69, 9.17) is 5.11 Å². The van der Waals surface area contributed by atoms with Gasteiger partial charge in [0.05, 0.1) is 5.69 Å². The summed E-state index contributed by atoms with van der Waals surface area (Å²) < 4.78 is 0. The summed E-state index contributed by atoms with van der Waals surface area (Å²) in [4.78, 5) is 17.1. The molecule has 0 spiro atoms. The lowest BCUT2D eigenvalue weighted by atomic mass is 9.76. The molecule has 0 saturated heterocycles. The highest BCUT2D eigenvalue weighted by molar-refractivity contribution is 5.86. The second-order valence-electron chi connectivity index (χ2n) is 10.0. The van der Waals surface area contributed by atoms with Crippen LogP contribution in [0.4, 0.5) is 0 Å². The standard InChI is InChI=1S/C28H45NO2/c1-22(13-10-15-24(3)21-26-16-7-8-18-29-26)12-9-14-23(2)20-25(4)27(31)28(5,6)17-11-19-30/h7-8,13,16,18,21,23,25,30H,9-12,14-15,17,19-20H2,1-6H3. The van der Waals surface area contributed by atoms with E-state index >= 15 is 0 Å². The Morgan fingerprint density at radius 1 is 1.13 bits per heavy atom. The van der Waals surface area contributed by atoms with Crippen molar-refractivity contribution in [1.82, 2.24) is 4.98 Å². The first-order chi connectivity index (χ1) is 14.7. The zero-order valence-electron chi connectivity index (χ0n) is 20.8. The summed E-state index contributed by atoms with van der Waals surface area (Å²) in [7, 11) is 0. The number of Topliss-reactive ketones (excluding diaryl/α,β-unsaturated/α-hetero) is 1. The van der Waals surface area contributed by atoms with Gasteiger partial charge in [-0.2, -0.15) is 0 Å². The van der Waals surface area contributed by atoms with Gasteiger partial charge in [-0.15, -0.1) is 0 Å². The monoisotopic (exact) mass is 427 g/mol. The predicted octanol–water partition coefficient (Wildman–Crippen LogP) is 7.41. The highest BCUT2D eigenvalue weighted by Gasteiger charge is 2.31. The maximum absolute atomic E-state index is 12.8. The Balaban J connectivity index is 2.31. The van der Waals surface area contributed by atoms with Crippen LogP contribution in [-0.2, 0) is 4.79 Å². The van der Waals surface area contributed by atoms with E-state index < -0.39 is 0 Å². The van der Waals surface area contributed by atoms with Crippen molar-refractivity contribution in [3.8, 4) is 0 Å². The molecule has 0 aliphatic rings. The van der Waals surface area contributed by atoms with E-state index in [1.165, 1.54) is 24.0 Å². The van der Waals surface area contributed by atoms with Crippen molar-refractivity contribution < 1.29 is 9.90 Å². The molecule has 2 unspecified atom stereocenters. The molecule has 31 heavy (non-hydrogen) atoms. The molecular weight excluding hydrogens is 382 g/mol. The Hall–Kier alpha value is -1.74. The number of allylic oxidation sites excluding steroid dienone is 3. The number of aromatic nitrogens is 1. The summed E-state index contributed by atoms with van der Waals surface area (Å²) in [6.07, 6.45) is 14.4. The van der Waals surface area contributed by atoms with Gasteiger partial charge in [0.2, 0.25) is 0 Å². The summed E-state index contributed by atoms with van der Waals surface area (Å²) in [5.74, 6) is 0.996. The highest BCUT2D eigenvalue weighted by atomic mass is 16.3. The van der Waals surface area contributed by atoms with Gasteiger partial charge in [-0.25, -0.2) is 0 Å². The molecule has 0 amide bonds. The highest BCUT2D eigenvalue weighted by Crippen LogP contribution is 2.30. The van der Waals surface area contributed by atoms with Crippen LogP contribution in [0.25, 0.3) is 6.08 Å². The number of aliphatic hydroxyl groups is 1. The molecule has 3 heteroatoms. The lowest BCUT2D eigenvalue weighted by molar-refractivity contribution is -0.131. The third-order valence-corrected chi connectivity index (χ3v) is 6.21. The third-order valence-electron chi connectivity index (χ3n) is 6.21. The molecule has 1 aromatic rings. The molecule has 2 atom stereocenters. The molecule has 0 aromatic carbocycles. The van der Waals surface area contributed by atoms with Gasteiger partial charge in [-0.05, 0) is 82.9 Å². The Kier molecular flexibility index (Phi) is 12.6. The summed E-state index contributed by atoms with van der Waals surface area (Å²) in [5, 5.41) is 9.06. The Bertz CT molecular complexity index is 703. The number of nitrogens with zero attached hydrogens (tertiary/aromatic N) is 1. The van der Waals surface area contributed by atoms with Gasteiger partial charge in [-0.3, -0.25) is 9.78 Å². The topological polar surface area (TPSA) is 50.2 Å². The molecule has 1 heterocycles. The van der Waals surface area contributed by atoms with Crippen molar-refractivity contribution in [2.24, 2.45) is 17.3 Å². The van der Waals surface area contributed by atoms with Gasteiger partial charge in [0.15, 0.2) is 0 Å². The molecule has 174 valence electrons. The van der Waals surface area contributed by atoms with Crippen molar-refractivity contribution in [2.45, 2.75) is 92.9 Å². The number of carbonyl (C=O) groups excluding carboxylic acids is 1. The average Bonchev–Trinajstić information content (AvgIpc) is 2.72.